The molecule has 0 aromatic rings. The second-order valence-corrected chi connectivity index (χ2v) is 15.7. The average Bonchev–Trinajstić information content (AvgIpc) is 3.21. The molecule has 5 saturated heterocycles. The van der Waals surface area contributed by atoms with Gasteiger partial charge in [-0.2, -0.15) is 0 Å². The van der Waals surface area contributed by atoms with Crippen LogP contribution in [0.5, 0.6) is 0 Å². The first-order valence-corrected chi connectivity index (χ1v) is 19.9. The lowest BCUT2D eigenvalue weighted by molar-refractivity contribution is -0.392. The lowest BCUT2D eigenvalue weighted by atomic mass is 9.95. The number of phosphoric acid groups is 1. The Morgan fingerprint density at radius 2 is 0.633 bits per heavy atom. The Morgan fingerprint density at radius 1 is 0.350 bits per heavy atom. The van der Waals surface area contributed by atoms with Crippen LogP contribution in [0.4, 0.5) is 0 Å². The van der Waals surface area contributed by atoms with Crippen molar-refractivity contribution in [2.24, 2.45) is 0 Å². The second-order valence-electron chi connectivity index (χ2n) is 14.5. The zero-order valence-corrected chi connectivity index (χ0v) is 31.9. The molecule has 30 heteroatoms. The fraction of sp³-hybridized carbons (Fsp3) is 1.00. The van der Waals surface area contributed by atoms with Crippen LogP contribution in [0.1, 0.15) is 0 Å². The first-order chi connectivity index (χ1) is 28.2. The van der Waals surface area contributed by atoms with Gasteiger partial charge in [0.25, 0.3) is 0 Å². The Labute approximate surface area is 337 Å². The van der Waals surface area contributed by atoms with Crippen LogP contribution in [0, 0.1) is 0 Å². The minimum atomic E-state index is -5.43. The van der Waals surface area contributed by atoms with Crippen molar-refractivity contribution in [1.82, 2.24) is 0 Å². The molecule has 25 atom stereocenters. The van der Waals surface area contributed by atoms with Crippen LogP contribution in [-0.2, 0) is 51.7 Å². The smallest absolute Gasteiger partial charge is 0.394 e. The first-order valence-electron chi connectivity index (χ1n) is 18.4. The molecule has 0 amide bonds. The van der Waals surface area contributed by atoms with Gasteiger partial charge >= 0.3 is 7.82 Å². The molecule has 0 aliphatic carbocycles. The fourth-order valence-corrected chi connectivity index (χ4v) is 7.83. The molecule has 0 radical (unpaired) electrons. The topological polar surface area (TPSA) is 474 Å². The van der Waals surface area contributed by atoms with Gasteiger partial charge in [0.1, 0.15) is 122 Å². The van der Waals surface area contributed by atoms with Gasteiger partial charge in [-0.3, -0.25) is 4.52 Å². The van der Waals surface area contributed by atoms with E-state index in [0.717, 1.165) is 0 Å². The summed E-state index contributed by atoms with van der Waals surface area (Å²) < 4.78 is 65.2. The SMILES string of the molecule is O=P(O)(O)O[C@H]1[C@@H](O[C@H]2[C@H](O)[C@@H](O)[C@@H](O[C@H]3[C@H](O)[C@@H](O)[C@@H](O[C@H]4[C@H](O)[C@@H](O)[C@@H](O[C@H]5[C@H](O)[C@@H](O)[C@@H](O)O[C@@H]5CO)O[C@@H]4CO)O[C@@H]3CO)O[C@@H]2CO)O[C@H](CO)[C@@H](O)[C@@H]1O. The van der Waals surface area contributed by atoms with Gasteiger partial charge < -0.3 is 134 Å². The number of aliphatic hydroxyl groups is 16. The molecule has 60 heavy (non-hydrogen) atoms. The molecule has 0 bridgehead atoms. The van der Waals surface area contributed by atoms with Gasteiger partial charge in [-0.05, 0) is 0 Å². The van der Waals surface area contributed by atoms with Crippen LogP contribution in [0.15, 0.2) is 0 Å². The van der Waals surface area contributed by atoms with E-state index in [2.05, 4.69) is 4.52 Å². The Balaban J connectivity index is 1.24. The molecule has 5 fully saturated rings. The maximum atomic E-state index is 11.6. The molecular weight excluding hydrogens is 855 g/mol. The van der Waals surface area contributed by atoms with Gasteiger partial charge in [0.15, 0.2) is 31.5 Å². The highest BCUT2D eigenvalue weighted by atomic mass is 31.2. The molecule has 0 aromatic heterocycles. The van der Waals surface area contributed by atoms with Gasteiger partial charge in [-0.1, -0.05) is 0 Å². The summed E-state index contributed by atoms with van der Waals surface area (Å²) in [5, 5.41) is 166. The largest absolute Gasteiger partial charge is 0.470 e. The molecule has 29 nitrogen and oxygen atoms in total. The summed E-state index contributed by atoms with van der Waals surface area (Å²) in [7, 11) is -5.43. The van der Waals surface area contributed by atoms with Crippen molar-refractivity contribution in [3.8, 4) is 0 Å². The normalized spacial score (nSPS) is 50.7. The van der Waals surface area contributed by atoms with Crippen LogP contribution in [0.3, 0.4) is 0 Å². The van der Waals surface area contributed by atoms with Gasteiger partial charge in [0.2, 0.25) is 0 Å². The summed E-state index contributed by atoms with van der Waals surface area (Å²) in [6, 6.07) is 0. The fourth-order valence-electron chi connectivity index (χ4n) is 7.29. The van der Waals surface area contributed by atoms with E-state index in [1.807, 2.05) is 0 Å². The molecule has 5 aliphatic rings. The third-order valence-electron chi connectivity index (χ3n) is 10.5. The monoisotopic (exact) mass is 908 g/mol. The molecule has 5 heterocycles. The highest BCUT2D eigenvalue weighted by Crippen LogP contribution is 2.43. The van der Waals surface area contributed by atoms with Crippen LogP contribution in [0.2, 0.25) is 0 Å². The first kappa shape index (κ1) is 50.1. The Morgan fingerprint density at radius 3 is 0.967 bits per heavy atom. The van der Waals surface area contributed by atoms with Gasteiger partial charge in [0.05, 0.1) is 33.0 Å². The number of rotatable bonds is 15. The summed E-state index contributed by atoms with van der Waals surface area (Å²) in [6.45, 7) is -4.87. The summed E-state index contributed by atoms with van der Waals surface area (Å²) in [4.78, 5) is 18.7. The van der Waals surface area contributed by atoms with Crippen molar-refractivity contribution in [2.75, 3.05) is 33.0 Å². The van der Waals surface area contributed by atoms with Crippen molar-refractivity contribution in [2.45, 2.75) is 154 Å². The van der Waals surface area contributed by atoms with E-state index in [-0.39, 0.29) is 0 Å². The van der Waals surface area contributed by atoms with Crippen molar-refractivity contribution >= 4 is 7.82 Å². The standard InChI is InChI=1S/C30H53O29P/c31-1-6-11(36)12(37)25(59-60(47,48)49)30(51-6)58-24-10(5-35)54-29(20(45)16(24)41)57-23-9(4-34)53-28(19(44)15(23)40)56-22-8(3-33)52-27(18(43)14(22)39)55-21-7(2-32)50-26(46)17(42)13(21)38/h6-46H,1-5H2,(H2,47,48,49)/t6-,7-,8-,9-,10-,11-,12+,13-,14-,15-,16-,17-,18-,19-,20-,21-,22-,23-,24-,25-,26+,27-,28-,29-,30-/m1/s1. The maximum Gasteiger partial charge on any atom is 0.470 e. The number of phosphoric ester groups is 1. The zero-order chi connectivity index (χ0) is 44.5. The minimum Gasteiger partial charge on any atom is -0.394 e. The predicted octanol–water partition coefficient (Wildman–Crippen LogP) is -11.8. The number of aliphatic hydroxyl groups excluding tert-OH is 16. The van der Waals surface area contributed by atoms with Gasteiger partial charge in [-0.15, -0.1) is 0 Å². The molecular formula is C30H53O29P. The quantitative estimate of drug-likeness (QED) is 0.0678. The van der Waals surface area contributed by atoms with E-state index >= 15 is 0 Å². The van der Waals surface area contributed by atoms with E-state index in [4.69, 9.17) is 42.6 Å². The number of hydrogen-bond donors (Lipinski definition) is 18. The molecule has 0 saturated carbocycles. The van der Waals surface area contributed by atoms with Crippen LogP contribution in [0.25, 0.3) is 0 Å². The highest BCUT2D eigenvalue weighted by molar-refractivity contribution is 7.46. The third kappa shape index (κ3) is 10.6. The summed E-state index contributed by atoms with van der Waals surface area (Å²) >= 11 is 0. The van der Waals surface area contributed by atoms with E-state index in [1.54, 1.807) is 0 Å². The van der Waals surface area contributed by atoms with Gasteiger partial charge in [0, 0.05) is 0 Å². The Hall–Kier alpha value is -0.890. The zero-order valence-electron chi connectivity index (χ0n) is 31.0. The molecule has 0 aromatic carbocycles. The molecule has 0 unspecified atom stereocenters. The van der Waals surface area contributed by atoms with Gasteiger partial charge in [-0.25, -0.2) is 4.57 Å². The van der Waals surface area contributed by atoms with Crippen molar-refractivity contribution in [3.63, 3.8) is 0 Å². The van der Waals surface area contributed by atoms with Crippen molar-refractivity contribution in [1.29, 1.82) is 0 Å². The molecule has 352 valence electrons. The number of ether oxygens (including phenoxy) is 9. The van der Waals surface area contributed by atoms with Crippen molar-refractivity contribution < 1.29 is 143 Å². The Bertz CT molecular complexity index is 1380. The molecule has 5 rings (SSSR count). The molecule has 5 aliphatic heterocycles. The average molecular weight is 909 g/mol. The molecule has 0 spiro atoms. The van der Waals surface area contributed by atoms with E-state index in [1.165, 1.54) is 0 Å². The predicted molar refractivity (Wildman–Crippen MR) is 177 cm³/mol. The minimum absolute atomic E-state index is 0.855. The van der Waals surface area contributed by atoms with Crippen LogP contribution >= 0.6 is 7.82 Å². The third-order valence-corrected chi connectivity index (χ3v) is 11.1. The second kappa shape index (κ2) is 21.0. The lowest BCUT2D eigenvalue weighted by Gasteiger charge is -2.49. The van der Waals surface area contributed by atoms with Crippen LogP contribution < -0.4 is 0 Å². The molecule has 18 N–H and O–H groups in total. The van der Waals surface area contributed by atoms with Crippen LogP contribution in [-0.4, -0.2) is 278 Å². The summed E-state index contributed by atoms with van der Waals surface area (Å²) in [5.74, 6) is 0. The Kier molecular flexibility index (Phi) is 17.5. The van der Waals surface area contributed by atoms with E-state index < -0.39 is 194 Å². The highest BCUT2D eigenvalue weighted by Gasteiger charge is 2.57. The van der Waals surface area contributed by atoms with E-state index in [0.29, 0.717) is 0 Å². The number of hydrogen-bond acceptors (Lipinski definition) is 27. The van der Waals surface area contributed by atoms with E-state index in [9.17, 15) is 96.1 Å². The summed E-state index contributed by atoms with van der Waals surface area (Å²) in [6.07, 6.45) is -48.3. The lowest BCUT2D eigenvalue weighted by Crippen LogP contribution is -2.68. The maximum absolute atomic E-state index is 11.6. The summed E-state index contributed by atoms with van der Waals surface area (Å²) in [5.41, 5.74) is 0. The van der Waals surface area contributed by atoms with Crippen molar-refractivity contribution in [3.05, 3.63) is 0 Å².